The fraction of sp³-hybridized carbons (Fsp3) is 0. The van der Waals surface area contributed by atoms with Crippen molar-refractivity contribution in [3.8, 4) is 0 Å². The average Bonchev–Trinajstić information content (AvgIpc) is 2.51. The van der Waals surface area contributed by atoms with Gasteiger partial charge in [0, 0.05) is 17.1 Å². The Morgan fingerprint density at radius 1 is 0.400 bits per heavy atom. The predicted octanol–water partition coefficient (Wildman–Crippen LogP) is 5.58. The van der Waals surface area contributed by atoms with Crippen LogP contribution in [0.3, 0.4) is 0 Å². The Balaban J connectivity index is 0.00000147. The summed E-state index contributed by atoms with van der Waals surface area (Å²) in [6.45, 7) is 0. The predicted molar refractivity (Wildman–Crippen MR) is 88.4 cm³/mol. The molecule has 0 aliphatic rings. The maximum Gasteiger partial charge on any atom is 0.0461 e. The van der Waals surface area contributed by atoms with Crippen LogP contribution in [-0.2, 0) is 0 Å². The molecule has 3 aromatic carbocycles. The lowest BCUT2D eigenvalue weighted by atomic mass is 10.2. The minimum absolute atomic E-state index is 0. The Morgan fingerprint density at radius 3 is 0.900 bits per heavy atom. The summed E-state index contributed by atoms with van der Waals surface area (Å²) in [7, 11) is 0. The van der Waals surface area contributed by atoms with E-state index in [1.807, 2.05) is 18.2 Å². The van der Waals surface area contributed by atoms with Crippen LogP contribution in [0.2, 0.25) is 0 Å². The third-order valence-corrected chi connectivity index (χ3v) is 3.04. The summed E-state index contributed by atoms with van der Waals surface area (Å²) in [6.07, 6.45) is 0. The minimum Gasteiger partial charge on any atom is -0.311 e. The van der Waals surface area contributed by atoms with Crippen molar-refractivity contribution in [1.82, 2.24) is 0 Å². The van der Waals surface area contributed by atoms with E-state index in [9.17, 15) is 0 Å². The van der Waals surface area contributed by atoms with Gasteiger partial charge in [-0.25, -0.2) is 0 Å². The maximum atomic E-state index is 2.25. The second kappa shape index (κ2) is 6.78. The number of hydrogen-bond acceptors (Lipinski definition) is 1. The van der Waals surface area contributed by atoms with Gasteiger partial charge in [-0.15, -0.1) is 12.4 Å². The van der Waals surface area contributed by atoms with Gasteiger partial charge < -0.3 is 4.90 Å². The molecule has 2 heteroatoms. The number of nitrogens with zero attached hydrogens (tertiary/aromatic N) is 1. The number of hydrogen-bond donors (Lipinski definition) is 0. The molecule has 0 radical (unpaired) electrons. The van der Waals surface area contributed by atoms with Gasteiger partial charge >= 0.3 is 0 Å². The van der Waals surface area contributed by atoms with Gasteiger partial charge in [-0.3, -0.25) is 0 Å². The SMILES string of the molecule is Cl.c1ccc(N(c2ccccc2)c2ccccc2)cc1. The summed E-state index contributed by atoms with van der Waals surface area (Å²) in [5, 5.41) is 0. The molecule has 0 aromatic heterocycles. The second-order valence-corrected chi connectivity index (χ2v) is 4.34. The lowest BCUT2D eigenvalue weighted by Gasteiger charge is -2.25. The fourth-order valence-electron chi connectivity index (χ4n) is 2.18. The Morgan fingerprint density at radius 2 is 0.650 bits per heavy atom. The van der Waals surface area contributed by atoms with E-state index >= 15 is 0 Å². The van der Waals surface area contributed by atoms with Gasteiger partial charge in [0.15, 0.2) is 0 Å². The van der Waals surface area contributed by atoms with Crippen LogP contribution >= 0.6 is 12.4 Å². The van der Waals surface area contributed by atoms with Crippen molar-refractivity contribution in [2.75, 3.05) is 4.90 Å². The van der Waals surface area contributed by atoms with Crippen molar-refractivity contribution in [1.29, 1.82) is 0 Å². The van der Waals surface area contributed by atoms with Crippen LogP contribution in [0, 0.1) is 0 Å². The number of anilines is 3. The Kier molecular flexibility index (Phi) is 4.80. The van der Waals surface area contributed by atoms with Crippen molar-refractivity contribution >= 4 is 29.5 Å². The summed E-state index contributed by atoms with van der Waals surface area (Å²) in [5.74, 6) is 0. The fourth-order valence-corrected chi connectivity index (χ4v) is 2.18. The highest BCUT2D eigenvalue weighted by Crippen LogP contribution is 2.33. The number of rotatable bonds is 3. The van der Waals surface area contributed by atoms with Crippen molar-refractivity contribution in [3.05, 3.63) is 91.0 Å². The van der Waals surface area contributed by atoms with Crippen LogP contribution in [0.4, 0.5) is 17.1 Å². The van der Waals surface area contributed by atoms with Crippen LogP contribution in [0.5, 0.6) is 0 Å². The first-order valence-electron chi connectivity index (χ1n) is 6.40. The van der Waals surface area contributed by atoms with Crippen LogP contribution in [0.1, 0.15) is 0 Å². The van der Waals surface area contributed by atoms with Crippen molar-refractivity contribution in [3.63, 3.8) is 0 Å². The lowest BCUT2D eigenvalue weighted by Crippen LogP contribution is -2.09. The molecule has 0 fully saturated rings. The molecule has 0 bridgehead atoms. The van der Waals surface area contributed by atoms with E-state index in [0.717, 1.165) is 0 Å². The molecule has 0 spiro atoms. The van der Waals surface area contributed by atoms with Gasteiger partial charge in [0.25, 0.3) is 0 Å². The molecule has 0 aliphatic heterocycles. The molecule has 3 rings (SSSR count). The van der Waals surface area contributed by atoms with Crippen LogP contribution in [0.25, 0.3) is 0 Å². The van der Waals surface area contributed by atoms with E-state index in [-0.39, 0.29) is 12.4 Å². The van der Waals surface area contributed by atoms with E-state index in [1.54, 1.807) is 0 Å². The van der Waals surface area contributed by atoms with E-state index in [1.165, 1.54) is 17.1 Å². The normalized spacial score (nSPS) is 9.60. The van der Waals surface area contributed by atoms with Gasteiger partial charge in [-0.05, 0) is 36.4 Å². The zero-order chi connectivity index (χ0) is 12.9. The molecule has 20 heavy (non-hydrogen) atoms. The first kappa shape index (κ1) is 14.2. The molecule has 1 nitrogen and oxygen atoms in total. The Hall–Kier alpha value is -2.25. The van der Waals surface area contributed by atoms with Gasteiger partial charge in [0.05, 0.1) is 0 Å². The number of halogens is 1. The first-order chi connectivity index (χ1) is 9.45. The van der Waals surface area contributed by atoms with Gasteiger partial charge in [0.1, 0.15) is 0 Å². The molecule has 0 amide bonds. The summed E-state index contributed by atoms with van der Waals surface area (Å²) < 4.78 is 0. The average molecular weight is 282 g/mol. The molecule has 0 atom stereocenters. The van der Waals surface area contributed by atoms with Gasteiger partial charge in [-0.2, -0.15) is 0 Å². The standard InChI is InChI=1S/C18H15N.ClH/c1-4-10-16(11-5-1)19(17-12-6-2-7-13-17)18-14-8-3-9-15-18;/h1-15H;1H. The molecule has 0 N–H and O–H groups in total. The van der Waals surface area contributed by atoms with Crippen LogP contribution < -0.4 is 4.90 Å². The molecule has 3 aromatic rings. The number of para-hydroxylation sites is 3. The smallest absolute Gasteiger partial charge is 0.0461 e. The van der Waals surface area contributed by atoms with Crippen LogP contribution in [0.15, 0.2) is 91.0 Å². The molecule has 100 valence electrons. The molecule has 0 heterocycles. The third-order valence-electron chi connectivity index (χ3n) is 3.04. The van der Waals surface area contributed by atoms with E-state index in [4.69, 9.17) is 0 Å². The molecule has 0 aliphatic carbocycles. The summed E-state index contributed by atoms with van der Waals surface area (Å²) in [6, 6.07) is 31.3. The maximum absolute atomic E-state index is 2.25. The topological polar surface area (TPSA) is 3.24 Å². The Bertz CT molecular complexity index is 529. The van der Waals surface area contributed by atoms with Crippen molar-refractivity contribution < 1.29 is 0 Å². The summed E-state index contributed by atoms with van der Waals surface area (Å²) >= 11 is 0. The largest absolute Gasteiger partial charge is 0.311 e. The zero-order valence-corrected chi connectivity index (χ0v) is 11.8. The first-order valence-corrected chi connectivity index (χ1v) is 6.40. The quantitative estimate of drug-likeness (QED) is 0.606. The summed E-state index contributed by atoms with van der Waals surface area (Å²) in [5.41, 5.74) is 3.50. The highest BCUT2D eigenvalue weighted by atomic mass is 35.5. The zero-order valence-electron chi connectivity index (χ0n) is 11.0. The molecule has 0 saturated heterocycles. The molecular formula is C18H16ClN. The van der Waals surface area contributed by atoms with E-state index in [0.29, 0.717) is 0 Å². The molecule has 0 saturated carbocycles. The number of benzene rings is 3. The minimum atomic E-state index is 0. The van der Waals surface area contributed by atoms with Crippen LogP contribution in [-0.4, -0.2) is 0 Å². The van der Waals surface area contributed by atoms with E-state index in [2.05, 4.69) is 77.7 Å². The second-order valence-electron chi connectivity index (χ2n) is 4.34. The Labute approximate surface area is 125 Å². The lowest BCUT2D eigenvalue weighted by molar-refractivity contribution is 1.28. The third kappa shape index (κ3) is 3.01. The van der Waals surface area contributed by atoms with Crippen molar-refractivity contribution in [2.45, 2.75) is 0 Å². The highest BCUT2D eigenvalue weighted by molar-refractivity contribution is 5.85. The summed E-state index contributed by atoms with van der Waals surface area (Å²) in [4.78, 5) is 2.25. The molecular weight excluding hydrogens is 266 g/mol. The van der Waals surface area contributed by atoms with E-state index < -0.39 is 0 Å². The van der Waals surface area contributed by atoms with Gasteiger partial charge in [0.2, 0.25) is 0 Å². The highest BCUT2D eigenvalue weighted by Gasteiger charge is 2.10. The monoisotopic (exact) mass is 281 g/mol. The molecule has 0 unspecified atom stereocenters. The van der Waals surface area contributed by atoms with Crippen molar-refractivity contribution in [2.24, 2.45) is 0 Å². The van der Waals surface area contributed by atoms with Gasteiger partial charge in [-0.1, -0.05) is 54.6 Å².